The molecule has 4 rings (SSSR count). The fraction of sp³-hybridized carbons (Fsp3) is 0.263. The quantitative estimate of drug-likeness (QED) is 0.703. The first-order valence-electron chi connectivity index (χ1n) is 8.00. The fourth-order valence-corrected chi connectivity index (χ4v) is 5.02. The second kappa shape index (κ2) is 6.73. The Morgan fingerprint density at radius 2 is 1.74 bits per heavy atom. The molecule has 4 heteroatoms. The van der Waals surface area contributed by atoms with Gasteiger partial charge >= 0.3 is 0 Å². The number of thiophene rings is 1. The number of rotatable bonds is 3. The van der Waals surface area contributed by atoms with E-state index in [1.54, 1.807) is 0 Å². The number of benzene rings is 2. The van der Waals surface area contributed by atoms with Gasteiger partial charge in [-0.15, -0.1) is 11.3 Å². The zero-order chi connectivity index (χ0) is 15.6. The Labute approximate surface area is 149 Å². The lowest BCUT2D eigenvalue weighted by Crippen LogP contribution is -2.45. The van der Waals surface area contributed by atoms with E-state index < -0.39 is 0 Å². The Morgan fingerprint density at radius 3 is 2.52 bits per heavy atom. The van der Waals surface area contributed by atoms with Crippen molar-refractivity contribution in [1.82, 2.24) is 10.2 Å². The van der Waals surface area contributed by atoms with E-state index in [2.05, 4.69) is 80.7 Å². The van der Waals surface area contributed by atoms with E-state index in [4.69, 9.17) is 0 Å². The lowest BCUT2D eigenvalue weighted by molar-refractivity contribution is 0.200. The molecule has 3 aromatic rings. The van der Waals surface area contributed by atoms with Gasteiger partial charge in [0, 0.05) is 40.2 Å². The van der Waals surface area contributed by atoms with Crippen LogP contribution in [0.2, 0.25) is 0 Å². The highest BCUT2D eigenvalue weighted by molar-refractivity contribution is 9.10. The third-order valence-electron chi connectivity index (χ3n) is 4.43. The molecule has 0 bridgehead atoms. The minimum atomic E-state index is 0.324. The molecule has 0 saturated carbocycles. The van der Waals surface area contributed by atoms with Crippen LogP contribution in [-0.2, 0) is 0 Å². The minimum absolute atomic E-state index is 0.324. The smallest absolute Gasteiger partial charge is 0.0708 e. The van der Waals surface area contributed by atoms with E-state index >= 15 is 0 Å². The number of piperazine rings is 1. The molecule has 1 N–H and O–H groups in total. The second-order valence-corrected chi connectivity index (χ2v) is 7.87. The summed E-state index contributed by atoms with van der Waals surface area (Å²) < 4.78 is 2.57. The SMILES string of the molecule is Brc1ccccc1C(c1cc2ccccc2s1)N1CCNCC1. The summed E-state index contributed by atoms with van der Waals surface area (Å²) in [5.41, 5.74) is 1.36. The molecule has 1 aliphatic rings. The molecule has 1 aromatic heterocycles. The van der Waals surface area contributed by atoms with Gasteiger partial charge in [0.25, 0.3) is 0 Å². The van der Waals surface area contributed by atoms with Crippen molar-refractivity contribution >= 4 is 37.4 Å². The fourth-order valence-electron chi connectivity index (χ4n) is 3.30. The minimum Gasteiger partial charge on any atom is -0.314 e. The van der Waals surface area contributed by atoms with Crippen LogP contribution in [0.5, 0.6) is 0 Å². The number of nitrogens with one attached hydrogen (secondary N) is 1. The summed E-state index contributed by atoms with van der Waals surface area (Å²) in [5, 5.41) is 4.81. The molecule has 1 fully saturated rings. The van der Waals surface area contributed by atoms with E-state index in [9.17, 15) is 0 Å². The van der Waals surface area contributed by atoms with Gasteiger partial charge in [0.2, 0.25) is 0 Å². The zero-order valence-electron chi connectivity index (χ0n) is 12.8. The molecule has 1 atom stereocenters. The van der Waals surface area contributed by atoms with Crippen LogP contribution in [0.15, 0.2) is 59.1 Å². The highest BCUT2D eigenvalue weighted by Gasteiger charge is 2.26. The predicted molar refractivity (Wildman–Crippen MR) is 102 cm³/mol. The standard InChI is InChI=1S/C19H19BrN2S/c20-16-7-3-2-6-15(16)19(22-11-9-21-10-12-22)18-13-14-5-1-4-8-17(14)23-18/h1-8,13,19,21H,9-12H2. The van der Waals surface area contributed by atoms with Crippen LogP contribution >= 0.6 is 27.3 Å². The Hall–Kier alpha value is -1.20. The Morgan fingerprint density at radius 1 is 1.00 bits per heavy atom. The molecule has 0 amide bonds. The summed E-state index contributed by atoms with van der Waals surface area (Å²) in [7, 11) is 0. The normalized spacial score (nSPS) is 17.4. The van der Waals surface area contributed by atoms with E-state index in [-0.39, 0.29) is 0 Å². The zero-order valence-corrected chi connectivity index (χ0v) is 15.2. The third kappa shape index (κ3) is 3.09. The van der Waals surface area contributed by atoms with Gasteiger partial charge in [-0.3, -0.25) is 4.90 Å². The van der Waals surface area contributed by atoms with Crippen LogP contribution in [0.1, 0.15) is 16.5 Å². The summed E-state index contributed by atoms with van der Waals surface area (Å²) in [5.74, 6) is 0. The van der Waals surface area contributed by atoms with Crippen molar-refractivity contribution in [3.05, 3.63) is 69.5 Å². The molecule has 1 aliphatic heterocycles. The van der Waals surface area contributed by atoms with Gasteiger partial charge in [-0.1, -0.05) is 52.3 Å². The monoisotopic (exact) mass is 386 g/mol. The first-order chi connectivity index (χ1) is 11.3. The predicted octanol–water partition coefficient (Wildman–Crippen LogP) is 4.66. The van der Waals surface area contributed by atoms with Crippen molar-refractivity contribution in [3.63, 3.8) is 0 Å². The maximum atomic E-state index is 3.77. The molecule has 2 aromatic carbocycles. The number of hydrogen-bond donors (Lipinski definition) is 1. The molecule has 2 nitrogen and oxygen atoms in total. The molecule has 0 spiro atoms. The van der Waals surface area contributed by atoms with Crippen LogP contribution in [0.4, 0.5) is 0 Å². The molecule has 2 heterocycles. The molecule has 0 aliphatic carbocycles. The molecule has 118 valence electrons. The highest BCUT2D eigenvalue weighted by Crippen LogP contribution is 2.39. The maximum absolute atomic E-state index is 3.77. The maximum Gasteiger partial charge on any atom is 0.0708 e. The molecule has 1 unspecified atom stereocenters. The number of fused-ring (bicyclic) bond motifs is 1. The van der Waals surface area contributed by atoms with Gasteiger partial charge in [-0.25, -0.2) is 0 Å². The average molecular weight is 387 g/mol. The third-order valence-corrected chi connectivity index (χ3v) is 6.32. The lowest BCUT2D eigenvalue weighted by Gasteiger charge is -2.35. The molecule has 0 radical (unpaired) electrons. The van der Waals surface area contributed by atoms with Crippen LogP contribution in [0.3, 0.4) is 0 Å². The van der Waals surface area contributed by atoms with Crippen molar-refractivity contribution < 1.29 is 0 Å². The van der Waals surface area contributed by atoms with Crippen molar-refractivity contribution in [3.8, 4) is 0 Å². The van der Waals surface area contributed by atoms with Crippen LogP contribution in [-0.4, -0.2) is 31.1 Å². The van der Waals surface area contributed by atoms with Crippen molar-refractivity contribution in [2.24, 2.45) is 0 Å². The Balaban J connectivity index is 1.82. The van der Waals surface area contributed by atoms with Crippen LogP contribution in [0, 0.1) is 0 Å². The molecule has 23 heavy (non-hydrogen) atoms. The first kappa shape index (κ1) is 15.3. The van der Waals surface area contributed by atoms with Gasteiger partial charge in [-0.2, -0.15) is 0 Å². The largest absolute Gasteiger partial charge is 0.314 e. The number of nitrogens with zero attached hydrogens (tertiary/aromatic N) is 1. The van der Waals surface area contributed by atoms with E-state index in [0.717, 1.165) is 26.2 Å². The van der Waals surface area contributed by atoms with E-state index in [1.807, 2.05) is 11.3 Å². The summed E-state index contributed by atoms with van der Waals surface area (Å²) in [6.07, 6.45) is 0. The van der Waals surface area contributed by atoms with Crippen molar-refractivity contribution in [2.45, 2.75) is 6.04 Å². The average Bonchev–Trinajstić information content (AvgIpc) is 3.01. The molecule has 1 saturated heterocycles. The molecular weight excluding hydrogens is 368 g/mol. The van der Waals surface area contributed by atoms with Gasteiger partial charge in [-0.05, 0) is 29.1 Å². The lowest BCUT2D eigenvalue weighted by atomic mass is 10.0. The summed E-state index contributed by atoms with van der Waals surface area (Å²) >= 11 is 5.69. The summed E-state index contributed by atoms with van der Waals surface area (Å²) in [6, 6.07) is 20.0. The number of hydrogen-bond acceptors (Lipinski definition) is 3. The van der Waals surface area contributed by atoms with Gasteiger partial charge in [0.05, 0.1) is 6.04 Å². The van der Waals surface area contributed by atoms with Gasteiger partial charge in [0.1, 0.15) is 0 Å². The van der Waals surface area contributed by atoms with Gasteiger partial charge < -0.3 is 5.32 Å². The summed E-state index contributed by atoms with van der Waals surface area (Å²) in [6.45, 7) is 4.29. The second-order valence-electron chi connectivity index (χ2n) is 5.90. The Kier molecular flexibility index (Phi) is 4.49. The van der Waals surface area contributed by atoms with E-state index in [0.29, 0.717) is 6.04 Å². The summed E-state index contributed by atoms with van der Waals surface area (Å²) in [4.78, 5) is 4.03. The van der Waals surface area contributed by atoms with Crippen molar-refractivity contribution in [1.29, 1.82) is 0 Å². The number of halogens is 1. The Bertz CT molecular complexity index is 775. The topological polar surface area (TPSA) is 15.3 Å². The van der Waals surface area contributed by atoms with Crippen LogP contribution in [0.25, 0.3) is 10.1 Å². The molecular formula is C19H19BrN2S. The van der Waals surface area contributed by atoms with Crippen LogP contribution < -0.4 is 5.32 Å². The van der Waals surface area contributed by atoms with Crippen molar-refractivity contribution in [2.75, 3.05) is 26.2 Å². The van der Waals surface area contributed by atoms with E-state index in [1.165, 1.54) is 25.0 Å². The van der Waals surface area contributed by atoms with Gasteiger partial charge in [0.15, 0.2) is 0 Å². The highest BCUT2D eigenvalue weighted by atomic mass is 79.9. The first-order valence-corrected chi connectivity index (χ1v) is 9.61.